The molecule has 27 heavy (non-hydrogen) atoms. The fraction of sp³-hybridized carbons (Fsp3) is 0.632. The highest BCUT2D eigenvalue weighted by molar-refractivity contribution is 5.80. The molecule has 0 amide bonds. The van der Waals surface area contributed by atoms with Crippen LogP contribution in [0, 0.1) is 11.6 Å². The van der Waals surface area contributed by atoms with Crippen LogP contribution in [-0.4, -0.2) is 76.6 Å². The Bertz CT molecular complexity index is 657. The van der Waals surface area contributed by atoms with E-state index in [9.17, 15) is 8.78 Å². The first-order chi connectivity index (χ1) is 13.1. The third-order valence-electron chi connectivity index (χ3n) is 5.45. The zero-order valence-corrected chi connectivity index (χ0v) is 16.0. The largest absolute Gasteiger partial charge is 0.381 e. The van der Waals surface area contributed by atoms with Gasteiger partial charge in [-0.3, -0.25) is 4.99 Å². The summed E-state index contributed by atoms with van der Waals surface area (Å²) < 4.78 is 38.7. The molecule has 0 aliphatic carbocycles. The Labute approximate surface area is 159 Å². The monoisotopic (exact) mass is 382 g/mol. The fourth-order valence-electron chi connectivity index (χ4n) is 3.66. The number of guanidine groups is 1. The highest BCUT2D eigenvalue weighted by atomic mass is 19.1. The van der Waals surface area contributed by atoms with E-state index in [0.29, 0.717) is 51.6 Å². The average molecular weight is 382 g/mol. The van der Waals surface area contributed by atoms with Gasteiger partial charge in [0, 0.05) is 79.0 Å². The van der Waals surface area contributed by atoms with Crippen LogP contribution >= 0.6 is 0 Å². The molecule has 1 N–H and O–H groups in total. The van der Waals surface area contributed by atoms with Gasteiger partial charge in [-0.25, -0.2) is 8.78 Å². The number of hydrogen-bond donors (Lipinski definition) is 1. The van der Waals surface area contributed by atoms with Crippen molar-refractivity contribution in [2.75, 3.05) is 65.0 Å². The van der Waals surface area contributed by atoms with Gasteiger partial charge in [0.05, 0.1) is 11.3 Å². The summed E-state index contributed by atoms with van der Waals surface area (Å²) in [7, 11) is 3.49. The number of aliphatic imine (C=N–C) groups is 1. The van der Waals surface area contributed by atoms with Crippen LogP contribution in [0.4, 0.5) is 14.5 Å². The fourth-order valence-corrected chi connectivity index (χ4v) is 3.66. The van der Waals surface area contributed by atoms with E-state index < -0.39 is 11.6 Å². The molecule has 2 aliphatic heterocycles. The summed E-state index contributed by atoms with van der Waals surface area (Å²) in [5, 5.41) is 3.42. The molecule has 1 aromatic rings. The standard InChI is InChI=1S/C19H28F2N4O2/c1-22-18(23-14-19(26-2)5-11-27-12-6-19)25-9-7-24(8-10-25)17-13-15(20)3-4-16(17)21/h3-4,13H,5-12,14H2,1-2H3,(H,22,23). The molecular formula is C19H28F2N4O2. The Kier molecular flexibility index (Phi) is 6.49. The van der Waals surface area contributed by atoms with Crippen molar-refractivity contribution in [2.24, 2.45) is 4.99 Å². The van der Waals surface area contributed by atoms with Gasteiger partial charge >= 0.3 is 0 Å². The smallest absolute Gasteiger partial charge is 0.193 e. The lowest BCUT2D eigenvalue weighted by molar-refractivity contribution is -0.0857. The molecule has 8 heteroatoms. The number of piperazine rings is 1. The number of rotatable bonds is 4. The molecule has 0 bridgehead atoms. The van der Waals surface area contributed by atoms with E-state index in [0.717, 1.165) is 24.9 Å². The number of anilines is 1. The topological polar surface area (TPSA) is 49.3 Å². The molecule has 2 aliphatic rings. The molecule has 0 radical (unpaired) electrons. The van der Waals surface area contributed by atoms with E-state index in [1.807, 2.05) is 4.90 Å². The van der Waals surface area contributed by atoms with Crippen LogP contribution in [0.2, 0.25) is 0 Å². The molecule has 6 nitrogen and oxygen atoms in total. The first kappa shape index (κ1) is 19.8. The molecule has 0 spiro atoms. The first-order valence-corrected chi connectivity index (χ1v) is 9.35. The average Bonchev–Trinajstić information content (AvgIpc) is 2.71. The van der Waals surface area contributed by atoms with Gasteiger partial charge in [0.15, 0.2) is 5.96 Å². The van der Waals surface area contributed by atoms with E-state index in [1.54, 1.807) is 14.2 Å². The number of halogens is 2. The van der Waals surface area contributed by atoms with Crippen molar-refractivity contribution in [1.82, 2.24) is 10.2 Å². The maximum Gasteiger partial charge on any atom is 0.193 e. The lowest BCUT2D eigenvalue weighted by Crippen LogP contribution is -2.56. The van der Waals surface area contributed by atoms with Gasteiger partial charge in [0.2, 0.25) is 0 Å². The van der Waals surface area contributed by atoms with Gasteiger partial charge in [0.25, 0.3) is 0 Å². The Balaban J connectivity index is 1.56. The van der Waals surface area contributed by atoms with Crippen LogP contribution in [0.1, 0.15) is 12.8 Å². The van der Waals surface area contributed by atoms with E-state index in [1.165, 1.54) is 12.1 Å². The summed E-state index contributed by atoms with van der Waals surface area (Å²) in [6, 6.07) is 3.57. The van der Waals surface area contributed by atoms with Crippen molar-refractivity contribution in [3.63, 3.8) is 0 Å². The third kappa shape index (κ3) is 4.68. The molecule has 150 valence electrons. The van der Waals surface area contributed by atoms with Crippen LogP contribution in [0.3, 0.4) is 0 Å². The zero-order valence-electron chi connectivity index (χ0n) is 16.0. The summed E-state index contributed by atoms with van der Waals surface area (Å²) >= 11 is 0. The summed E-state index contributed by atoms with van der Waals surface area (Å²) in [5.74, 6) is -0.0150. The second-order valence-corrected chi connectivity index (χ2v) is 6.97. The van der Waals surface area contributed by atoms with Gasteiger partial charge in [-0.05, 0) is 12.1 Å². The van der Waals surface area contributed by atoms with Crippen LogP contribution in [-0.2, 0) is 9.47 Å². The SMILES string of the molecule is CN=C(NCC1(OC)CCOCC1)N1CCN(c2cc(F)ccc2F)CC1. The van der Waals surface area contributed by atoms with Crippen LogP contribution in [0.15, 0.2) is 23.2 Å². The van der Waals surface area contributed by atoms with E-state index in [4.69, 9.17) is 9.47 Å². The van der Waals surface area contributed by atoms with E-state index in [-0.39, 0.29) is 5.60 Å². The molecule has 1 aromatic carbocycles. The quantitative estimate of drug-likeness (QED) is 0.636. The van der Waals surface area contributed by atoms with Crippen molar-refractivity contribution in [1.29, 1.82) is 0 Å². The molecule has 2 saturated heterocycles. The minimum absolute atomic E-state index is 0.235. The minimum atomic E-state index is -0.423. The van der Waals surface area contributed by atoms with Crippen LogP contribution < -0.4 is 10.2 Å². The summed E-state index contributed by atoms with van der Waals surface area (Å²) in [5.41, 5.74) is 0.0823. The molecule has 2 fully saturated rings. The lowest BCUT2D eigenvalue weighted by Gasteiger charge is -2.40. The third-order valence-corrected chi connectivity index (χ3v) is 5.45. The maximum absolute atomic E-state index is 14.0. The summed E-state index contributed by atoms with van der Waals surface area (Å²) in [6.07, 6.45) is 1.69. The predicted molar refractivity (Wildman–Crippen MR) is 101 cm³/mol. The second kappa shape index (κ2) is 8.84. The molecule has 2 heterocycles. The Morgan fingerprint density at radius 1 is 1.22 bits per heavy atom. The van der Waals surface area contributed by atoms with Crippen molar-refractivity contribution in [3.05, 3.63) is 29.8 Å². The highest BCUT2D eigenvalue weighted by Gasteiger charge is 2.33. The number of methoxy groups -OCH3 is 1. The maximum atomic E-state index is 14.0. The molecule has 0 unspecified atom stereocenters. The van der Waals surface area contributed by atoms with Crippen LogP contribution in [0.5, 0.6) is 0 Å². The number of nitrogens with zero attached hydrogens (tertiary/aromatic N) is 3. The number of hydrogen-bond acceptors (Lipinski definition) is 4. The van der Waals surface area contributed by atoms with Gasteiger partial charge in [-0.15, -0.1) is 0 Å². The molecule has 0 aromatic heterocycles. The molecule has 3 rings (SSSR count). The zero-order chi connectivity index (χ0) is 19.3. The van der Waals surface area contributed by atoms with E-state index >= 15 is 0 Å². The Morgan fingerprint density at radius 2 is 1.93 bits per heavy atom. The van der Waals surface area contributed by atoms with Crippen molar-refractivity contribution in [2.45, 2.75) is 18.4 Å². The normalized spacial score (nSPS) is 20.7. The van der Waals surface area contributed by atoms with Gasteiger partial charge in [0.1, 0.15) is 11.6 Å². The molecular weight excluding hydrogens is 354 g/mol. The number of ether oxygens (including phenoxy) is 2. The summed E-state index contributed by atoms with van der Waals surface area (Å²) in [6.45, 7) is 4.63. The van der Waals surface area contributed by atoms with Crippen LogP contribution in [0.25, 0.3) is 0 Å². The molecule has 0 saturated carbocycles. The highest BCUT2D eigenvalue weighted by Crippen LogP contribution is 2.24. The van der Waals surface area contributed by atoms with Crippen molar-refractivity contribution in [3.8, 4) is 0 Å². The minimum Gasteiger partial charge on any atom is -0.381 e. The van der Waals surface area contributed by atoms with Crippen molar-refractivity contribution < 1.29 is 18.3 Å². The molecule has 0 atom stereocenters. The second-order valence-electron chi connectivity index (χ2n) is 6.97. The Morgan fingerprint density at radius 3 is 2.56 bits per heavy atom. The first-order valence-electron chi connectivity index (χ1n) is 9.35. The van der Waals surface area contributed by atoms with Gasteiger partial charge in [-0.2, -0.15) is 0 Å². The lowest BCUT2D eigenvalue weighted by atomic mass is 9.94. The van der Waals surface area contributed by atoms with Crippen molar-refractivity contribution >= 4 is 11.6 Å². The van der Waals surface area contributed by atoms with Gasteiger partial charge < -0.3 is 24.6 Å². The Hall–Kier alpha value is -1.93. The van der Waals surface area contributed by atoms with Gasteiger partial charge in [-0.1, -0.05) is 0 Å². The summed E-state index contributed by atoms with van der Waals surface area (Å²) in [4.78, 5) is 8.39. The predicted octanol–water partition coefficient (Wildman–Crippen LogP) is 1.86. The number of benzene rings is 1. The number of nitrogens with one attached hydrogen (secondary N) is 1. The van der Waals surface area contributed by atoms with E-state index in [2.05, 4.69) is 15.2 Å².